The number of unbranched alkanes of at least 4 members (excludes halogenated alkanes) is 30. The molecular weight excluding hydrogens is 656 g/mol. The van der Waals surface area contributed by atoms with Crippen molar-refractivity contribution < 1.29 is 24.1 Å². The Bertz CT molecular complexity index is 634. The van der Waals surface area contributed by atoms with E-state index in [1.165, 1.54) is 199 Å². The summed E-state index contributed by atoms with van der Waals surface area (Å²) in [5.74, 6) is 0.486. The molecule has 0 bridgehead atoms. The molecule has 5 nitrogen and oxygen atoms in total. The lowest BCUT2D eigenvalue weighted by molar-refractivity contribution is 0.0718. The van der Waals surface area contributed by atoms with Gasteiger partial charge in [-0.2, -0.15) is 0 Å². The van der Waals surface area contributed by atoms with E-state index in [-0.39, 0.29) is 18.4 Å². The van der Waals surface area contributed by atoms with Crippen molar-refractivity contribution in [1.82, 2.24) is 0 Å². The zero-order valence-corrected chi connectivity index (χ0v) is 35.7. The third-order valence-electron chi connectivity index (χ3n) is 9.88. The second kappa shape index (κ2) is 47.7. The summed E-state index contributed by atoms with van der Waals surface area (Å²) in [6.07, 6.45) is 44.6. The van der Waals surface area contributed by atoms with E-state index in [4.69, 9.17) is 30.9 Å². The van der Waals surface area contributed by atoms with Crippen LogP contribution in [-0.2, 0) is 14.2 Å². The van der Waals surface area contributed by atoms with Crippen LogP contribution in [0.3, 0.4) is 0 Å². The van der Waals surface area contributed by atoms with Crippen LogP contribution in [0, 0.1) is 11.8 Å². The number of rotatable bonds is 41. The molecule has 0 aromatic rings. The Morgan fingerprint density at radius 2 is 0.686 bits per heavy atom. The SMILES string of the molecule is CCCCCCCCCCCCCCCCCCOCC(C)CO.CCCCCCCCCCCCCCCCCCOCC(C)COC(=O)Cl. The predicted molar refractivity (Wildman–Crippen MR) is 223 cm³/mol. The zero-order valence-electron chi connectivity index (χ0n) is 35.0. The second-order valence-electron chi connectivity index (χ2n) is 15.7. The first kappa shape index (κ1) is 52.7. The molecule has 6 heteroatoms. The third kappa shape index (κ3) is 51.8. The van der Waals surface area contributed by atoms with Gasteiger partial charge in [0.05, 0.1) is 19.8 Å². The molecule has 0 radical (unpaired) electrons. The summed E-state index contributed by atoms with van der Waals surface area (Å²) in [4.78, 5) is 10.5. The highest BCUT2D eigenvalue weighted by molar-refractivity contribution is 6.61. The third-order valence-corrected chi connectivity index (χ3v) is 9.99. The Hall–Kier alpha value is -0.360. The molecule has 0 rings (SSSR count). The first-order valence-electron chi connectivity index (χ1n) is 22.6. The van der Waals surface area contributed by atoms with Crippen molar-refractivity contribution in [3.8, 4) is 0 Å². The zero-order chi connectivity index (χ0) is 37.7. The minimum absolute atomic E-state index is 0.203. The summed E-state index contributed by atoms with van der Waals surface area (Å²) in [5, 5.41) is 8.90. The Morgan fingerprint density at radius 1 is 0.431 bits per heavy atom. The summed E-state index contributed by atoms with van der Waals surface area (Å²) in [6.45, 7) is 12.2. The average molecular weight is 748 g/mol. The normalized spacial score (nSPS) is 12.4. The van der Waals surface area contributed by atoms with Gasteiger partial charge in [-0.25, -0.2) is 4.79 Å². The number of hydrogen-bond donors (Lipinski definition) is 1. The lowest BCUT2D eigenvalue weighted by Crippen LogP contribution is -2.14. The van der Waals surface area contributed by atoms with Crippen LogP contribution in [0.25, 0.3) is 0 Å². The Kier molecular flexibility index (Phi) is 49.3. The maximum atomic E-state index is 10.5. The molecule has 0 amide bonds. The van der Waals surface area contributed by atoms with Gasteiger partial charge in [0, 0.05) is 43.3 Å². The van der Waals surface area contributed by atoms with Gasteiger partial charge < -0.3 is 19.3 Å². The predicted octanol–water partition coefficient (Wildman–Crippen LogP) is 15.2. The summed E-state index contributed by atoms with van der Waals surface area (Å²) in [7, 11) is 0. The Balaban J connectivity index is 0. The van der Waals surface area contributed by atoms with Crippen molar-refractivity contribution in [1.29, 1.82) is 0 Å². The smallest absolute Gasteiger partial charge is 0.403 e. The number of aliphatic hydroxyl groups is 1. The van der Waals surface area contributed by atoms with Gasteiger partial charge in [0.2, 0.25) is 0 Å². The number of ether oxygens (including phenoxy) is 3. The average Bonchev–Trinajstić information content (AvgIpc) is 3.13. The second-order valence-corrected chi connectivity index (χ2v) is 16.0. The van der Waals surface area contributed by atoms with Crippen LogP contribution in [0.2, 0.25) is 0 Å². The largest absolute Gasteiger partial charge is 0.453 e. The van der Waals surface area contributed by atoms with Crippen molar-refractivity contribution in [2.45, 2.75) is 233 Å². The number of halogens is 1. The summed E-state index contributed by atoms with van der Waals surface area (Å²) >= 11 is 5.13. The maximum Gasteiger partial charge on any atom is 0.403 e. The van der Waals surface area contributed by atoms with E-state index in [2.05, 4.69) is 13.8 Å². The van der Waals surface area contributed by atoms with E-state index < -0.39 is 5.43 Å². The van der Waals surface area contributed by atoms with Gasteiger partial charge in [-0.1, -0.05) is 220 Å². The van der Waals surface area contributed by atoms with Gasteiger partial charge in [-0.15, -0.1) is 0 Å². The van der Waals surface area contributed by atoms with Crippen LogP contribution in [0.15, 0.2) is 0 Å². The highest BCUT2D eigenvalue weighted by Crippen LogP contribution is 2.15. The molecule has 0 aliphatic heterocycles. The Labute approximate surface area is 324 Å². The molecular formula is C45H91ClO5. The molecule has 0 spiro atoms. The van der Waals surface area contributed by atoms with E-state index in [0.29, 0.717) is 19.8 Å². The number of hydrogen-bond acceptors (Lipinski definition) is 5. The maximum absolute atomic E-state index is 10.5. The molecule has 308 valence electrons. The summed E-state index contributed by atoms with van der Waals surface area (Å²) in [6, 6.07) is 0. The molecule has 0 aliphatic carbocycles. The fraction of sp³-hybridized carbons (Fsp3) is 0.978. The highest BCUT2D eigenvalue weighted by Gasteiger charge is 2.05. The minimum Gasteiger partial charge on any atom is -0.453 e. The molecule has 2 unspecified atom stereocenters. The van der Waals surface area contributed by atoms with Crippen LogP contribution in [0.4, 0.5) is 4.79 Å². The molecule has 0 aromatic carbocycles. The first-order valence-corrected chi connectivity index (χ1v) is 22.9. The first-order chi connectivity index (χ1) is 25.0. The quantitative estimate of drug-likeness (QED) is 0.0498. The summed E-state index contributed by atoms with van der Waals surface area (Å²) < 4.78 is 15.9. The fourth-order valence-corrected chi connectivity index (χ4v) is 6.45. The number of carbonyl (C=O) groups excluding carboxylic acids is 1. The molecule has 1 N–H and O–H groups in total. The molecule has 2 atom stereocenters. The van der Waals surface area contributed by atoms with Crippen LogP contribution < -0.4 is 0 Å². The lowest BCUT2D eigenvalue weighted by atomic mass is 10.0. The van der Waals surface area contributed by atoms with Gasteiger partial charge in [-0.05, 0) is 12.8 Å². The Morgan fingerprint density at radius 3 is 0.941 bits per heavy atom. The molecule has 0 heterocycles. The highest BCUT2D eigenvalue weighted by atomic mass is 35.5. The van der Waals surface area contributed by atoms with E-state index >= 15 is 0 Å². The fourth-order valence-electron chi connectivity index (χ4n) is 6.38. The van der Waals surface area contributed by atoms with Crippen LogP contribution in [0.5, 0.6) is 0 Å². The molecule has 0 aliphatic rings. The van der Waals surface area contributed by atoms with E-state index in [1.54, 1.807) is 0 Å². The van der Waals surface area contributed by atoms with Crippen molar-refractivity contribution in [3.63, 3.8) is 0 Å². The van der Waals surface area contributed by atoms with E-state index in [0.717, 1.165) is 19.6 Å². The molecule has 0 saturated heterocycles. The van der Waals surface area contributed by atoms with Crippen LogP contribution in [-0.4, -0.2) is 50.2 Å². The number of carbonyl (C=O) groups is 1. The van der Waals surface area contributed by atoms with E-state index in [1.807, 2.05) is 13.8 Å². The van der Waals surface area contributed by atoms with Crippen molar-refractivity contribution >= 4 is 17.0 Å². The molecule has 51 heavy (non-hydrogen) atoms. The van der Waals surface area contributed by atoms with Gasteiger partial charge in [0.15, 0.2) is 0 Å². The van der Waals surface area contributed by atoms with Gasteiger partial charge in [0.25, 0.3) is 0 Å². The van der Waals surface area contributed by atoms with Gasteiger partial charge >= 0.3 is 5.43 Å². The van der Waals surface area contributed by atoms with Gasteiger partial charge in [-0.3, -0.25) is 0 Å². The van der Waals surface area contributed by atoms with E-state index in [9.17, 15) is 4.79 Å². The lowest BCUT2D eigenvalue weighted by Gasteiger charge is -2.11. The number of aliphatic hydroxyl groups excluding tert-OH is 1. The van der Waals surface area contributed by atoms with Gasteiger partial charge in [0.1, 0.15) is 0 Å². The molecule has 0 saturated carbocycles. The van der Waals surface area contributed by atoms with Crippen LogP contribution in [0.1, 0.15) is 233 Å². The van der Waals surface area contributed by atoms with Crippen LogP contribution >= 0.6 is 11.6 Å². The van der Waals surface area contributed by atoms with Crippen molar-refractivity contribution in [2.24, 2.45) is 11.8 Å². The van der Waals surface area contributed by atoms with Crippen molar-refractivity contribution in [3.05, 3.63) is 0 Å². The summed E-state index contributed by atoms with van der Waals surface area (Å²) in [5.41, 5.74) is -0.736. The minimum atomic E-state index is -0.736. The molecule has 0 aromatic heterocycles. The molecule has 0 fully saturated rings. The topological polar surface area (TPSA) is 65.0 Å². The monoisotopic (exact) mass is 747 g/mol. The van der Waals surface area contributed by atoms with Crippen molar-refractivity contribution in [2.75, 3.05) is 39.6 Å². The standard InChI is InChI=1S/C23H45ClO3.C22H46O2/c1-3-4-5-6-7-8-9-10-11-12-13-14-15-16-17-18-19-26-20-22(2)21-27-23(24)25;1-3-4-5-6-7-8-9-10-11-12-13-14-15-16-17-18-19-24-21-22(2)20-23/h22H,3-21H2,1-2H3;22-23H,3-21H2,1-2H3.